The van der Waals surface area contributed by atoms with Crippen LogP contribution < -0.4 is 9.47 Å². The van der Waals surface area contributed by atoms with Crippen molar-refractivity contribution in [3.8, 4) is 22.8 Å². The number of fused-ring (bicyclic) bond motifs is 2. The van der Waals surface area contributed by atoms with E-state index in [1.807, 2.05) is 30.3 Å². The summed E-state index contributed by atoms with van der Waals surface area (Å²) in [5.41, 5.74) is 4.89. The summed E-state index contributed by atoms with van der Waals surface area (Å²) in [6.45, 7) is 3.22. The lowest BCUT2D eigenvalue weighted by Crippen LogP contribution is -2.15. The third-order valence-electron chi connectivity index (χ3n) is 3.88. The van der Waals surface area contributed by atoms with Gasteiger partial charge >= 0.3 is 0 Å². The molecular formula is C17H15ClN2O2. The molecule has 22 heavy (non-hydrogen) atoms. The zero-order valence-electron chi connectivity index (χ0n) is 12.2. The molecule has 2 aromatic heterocycles. The second kappa shape index (κ2) is 5.21. The number of alkyl halides is 1. The number of hydrogen-bond acceptors (Lipinski definition) is 3. The summed E-state index contributed by atoms with van der Waals surface area (Å²) >= 11 is 6.20. The van der Waals surface area contributed by atoms with Crippen LogP contribution in [0.3, 0.4) is 0 Å². The van der Waals surface area contributed by atoms with Crippen LogP contribution in [0.5, 0.6) is 11.5 Å². The molecule has 3 aromatic rings. The van der Waals surface area contributed by atoms with E-state index >= 15 is 0 Å². The molecule has 0 amide bonds. The first-order valence-electron chi connectivity index (χ1n) is 7.21. The van der Waals surface area contributed by atoms with Crippen molar-refractivity contribution in [2.75, 3.05) is 13.2 Å². The largest absolute Gasteiger partial charge is 0.486 e. The molecule has 0 spiro atoms. The normalized spacial score (nSPS) is 13.5. The first-order chi connectivity index (χ1) is 10.8. The minimum Gasteiger partial charge on any atom is -0.486 e. The van der Waals surface area contributed by atoms with E-state index in [0.29, 0.717) is 19.1 Å². The molecule has 0 bridgehead atoms. The summed E-state index contributed by atoms with van der Waals surface area (Å²) < 4.78 is 13.3. The molecule has 4 rings (SSSR count). The topological polar surface area (TPSA) is 35.8 Å². The van der Waals surface area contributed by atoms with Gasteiger partial charge in [-0.1, -0.05) is 6.07 Å². The fraction of sp³-hybridized carbons (Fsp3) is 0.235. The van der Waals surface area contributed by atoms with E-state index in [0.717, 1.165) is 39.8 Å². The Bertz CT molecular complexity index is 857. The van der Waals surface area contributed by atoms with E-state index < -0.39 is 0 Å². The van der Waals surface area contributed by atoms with Gasteiger partial charge in [-0.3, -0.25) is 4.40 Å². The highest BCUT2D eigenvalue weighted by Gasteiger charge is 2.18. The van der Waals surface area contributed by atoms with Gasteiger partial charge in [0.2, 0.25) is 0 Å². The van der Waals surface area contributed by atoms with E-state index in [1.165, 1.54) is 0 Å². The van der Waals surface area contributed by atoms with Crippen molar-refractivity contribution in [1.29, 1.82) is 0 Å². The van der Waals surface area contributed by atoms with E-state index in [9.17, 15) is 0 Å². The van der Waals surface area contributed by atoms with Crippen molar-refractivity contribution in [2.24, 2.45) is 0 Å². The summed E-state index contributed by atoms with van der Waals surface area (Å²) in [6.07, 6.45) is 0. The second-order valence-corrected chi connectivity index (χ2v) is 5.53. The average molecular weight is 315 g/mol. The van der Waals surface area contributed by atoms with Crippen molar-refractivity contribution in [2.45, 2.75) is 12.8 Å². The van der Waals surface area contributed by atoms with Crippen molar-refractivity contribution < 1.29 is 9.47 Å². The molecule has 0 atom stereocenters. The summed E-state index contributed by atoms with van der Waals surface area (Å²) in [7, 11) is 0. The third kappa shape index (κ3) is 2.03. The first kappa shape index (κ1) is 13.5. The molecule has 1 aliphatic heterocycles. The summed E-state index contributed by atoms with van der Waals surface area (Å²) in [4.78, 5) is 4.75. The lowest BCUT2D eigenvalue weighted by molar-refractivity contribution is 0.171. The van der Waals surface area contributed by atoms with Gasteiger partial charge in [-0.25, -0.2) is 4.98 Å². The number of benzene rings is 1. The van der Waals surface area contributed by atoms with Gasteiger partial charge in [0.15, 0.2) is 11.5 Å². The van der Waals surface area contributed by atoms with Gasteiger partial charge in [-0.15, -0.1) is 11.6 Å². The van der Waals surface area contributed by atoms with Gasteiger partial charge in [0.25, 0.3) is 0 Å². The summed E-state index contributed by atoms with van der Waals surface area (Å²) in [5.74, 6) is 1.94. The van der Waals surface area contributed by atoms with Gasteiger partial charge in [0.05, 0.1) is 17.3 Å². The van der Waals surface area contributed by atoms with Crippen LogP contribution >= 0.6 is 11.6 Å². The SMILES string of the molecule is Cc1cccc2nc(-c3ccc4c(c3)OCCO4)c(CCl)n12. The third-order valence-corrected chi connectivity index (χ3v) is 4.13. The highest BCUT2D eigenvalue weighted by atomic mass is 35.5. The number of hydrogen-bond donors (Lipinski definition) is 0. The number of nitrogens with zero attached hydrogens (tertiary/aromatic N) is 2. The van der Waals surface area contributed by atoms with Gasteiger partial charge in [0, 0.05) is 11.3 Å². The maximum Gasteiger partial charge on any atom is 0.162 e. The zero-order valence-corrected chi connectivity index (χ0v) is 12.9. The van der Waals surface area contributed by atoms with E-state index in [1.54, 1.807) is 0 Å². The van der Waals surface area contributed by atoms with Crippen LogP contribution in [0.1, 0.15) is 11.4 Å². The molecule has 3 heterocycles. The van der Waals surface area contributed by atoms with Crippen LogP contribution in [-0.2, 0) is 5.88 Å². The van der Waals surface area contributed by atoms with E-state index in [4.69, 9.17) is 26.1 Å². The average Bonchev–Trinajstić information content (AvgIpc) is 2.94. The molecule has 0 saturated heterocycles. The maximum atomic E-state index is 6.20. The minimum atomic E-state index is 0.399. The molecule has 5 heteroatoms. The first-order valence-corrected chi connectivity index (χ1v) is 7.74. The standard InChI is InChI=1S/C17H15ClN2O2/c1-11-3-2-4-16-19-17(13(10-18)20(11)16)12-5-6-14-15(9-12)22-8-7-21-14/h2-6,9H,7-8,10H2,1H3. The summed E-state index contributed by atoms with van der Waals surface area (Å²) in [5, 5.41) is 0. The van der Waals surface area contributed by atoms with Gasteiger partial charge in [0.1, 0.15) is 18.9 Å². The Hall–Kier alpha value is -2.20. The van der Waals surface area contributed by atoms with Crippen LogP contribution in [0.2, 0.25) is 0 Å². The molecule has 0 N–H and O–H groups in total. The molecule has 0 saturated carbocycles. The van der Waals surface area contributed by atoms with Gasteiger partial charge < -0.3 is 9.47 Å². The predicted molar refractivity (Wildman–Crippen MR) is 85.9 cm³/mol. The molecule has 1 aliphatic rings. The molecular weight excluding hydrogens is 300 g/mol. The van der Waals surface area contributed by atoms with Crippen LogP contribution in [0, 0.1) is 6.92 Å². The number of pyridine rings is 1. The smallest absolute Gasteiger partial charge is 0.162 e. The van der Waals surface area contributed by atoms with Crippen LogP contribution in [0.25, 0.3) is 16.9 Å². The van der Waals surface area contributed by atoms with Crippen molar-refractivity contribution in [3.63, 3.8) is 0 Å². The van der Waals surface area contributed by atoms with Crippen LogP contribution in [-0.4, -0.2) is 22.6 Å². The number of rotatable bonds is 2. The molecule has 0 fully saturated rings. The summed E-state index contributed by atoms with van der Waals surface area (Å²) in [6, 6.07) is 12.0. The predicted octanol–water partition coefficient (Wildman–Crippen LogP) is 3.82. The fourth-order valence-corrected chi connectivity index (χ4v) is 3.12. The quantitative estimate of drug-likeness (QED) is 0.675. The van der Waals surface area contributed by atoms with Gasteiger partial charge in [-0.2, -0.15) is 0 Å². The number of halogens is 1. The number of imidazole rings is 1. The minimum absolute atomic E-state index is 0.399. The van der Waals surface area contributed by atoms with Crippen LogP contribution in [0.15, 0.2) is 36.4 Å². The highest BCUT2D eigenvalue weighted by molar-refractivity contribution is 6.17. The Morgan fingerprint density at radius 3 is 2.77 bits per heavy atom. The van der Waals surface area contributed by atoms with Crippen LogP contribution in [0.4, 0.5) is 0 Å². The molecule has 0 aliphatic carbocycles. The second-order valence-electron chi connectivity index (χ2n) is 5.26. The lowest BCUT2D eigenvalue weighted by atomic mass is 10.1. The maximum absolute atomic E-state index is 6.20. The molecule has 0 radical (unpaired) electrons. The molecule has 112 valence electrons. The van der Waals surface area contributed by atoms with Crippen molar-refractivity contribution >= 4 is 17.2 Å². The van der Waals surface area contributed by atoms with E-state index in [2.05, 4.69) is 17.4 Å². The van der Waals surface area contributed by atoms with Gasteiger partial charge in [-0.05, 0) is 37.3 Å². The Kier molecular flexibility index (Phi) is 3.19. The Labute approximate surface area is 133 Å². The molecule has 0 unspecified atom stereocenters. The Balaban J connectivity index is 1.92. The Morgan fingerprint density at radius 1 is 1.14 bits per heavy atom. The van der Waals surface area contributed by atoms with E-state index in [-0.39, 0.29) is 0 Å². The lowest BCUT2D eigenvalue weighted by Gasteiger charge is -2.18. The fourth-order valence-electron chi connectivity index (χ4n) is 2.87. The Morgan fingerprint density at radius 2 is 1.95 bits per heavy atom. The van der Waals surface area contributed by atoms with Crippen molar-refractivity contribution in [1.82, 2.24) is 9.38 Å². The number of aromatic nitrogens is 2. The highest BCUT2D eigenvalue weighted by Crippen LogP contribution is 2.36. The molecule has 1 aromatic carbocycles. The monoisotopic (exact) mass is 314 g/mol. The number of ether oxygens (including phenoxy) is 2. The zero-order chi connectivity index (χ0) is 15.1. The van der Waals surface area contributed by atoms with Crippen molar-refractivity contribution in [3.05, 3.63) is 47.8 Å². The molecule has 4 nitrogen and oxygen atoms in total. The number of aryl methyl sites for hydroxylation is 1.